The van der Waals surface area contributed by atoms with Crippen molar-refractivity contribution >= 4 is 56.2 Å². The van der Waals surface area contributed by atoms with E-state index in [1.54, 1.807) is 0 Å². The minimum atomic E-state index is 0.725. The first-order valence-electron chi connectivity index (χ1n) is 13.2. The number of hydrogen-bond acceptors (Lipinski definition) is 2. The zero-order valence-corrected chi connectivity index (χ0v) is 20.9. The Bertz CT molecular complexity index is 1630. The van der Waals surface area contributed by atoms with Crippen LogP contribution >= 0.6 is 0 Å². The van der Waals surface area contributed by atoms with E-state index in [-0.39, 0.29) is 0 Å². The van der Waals surface area contributed by atoms with Gasteiger partial charge in [-0.05, 0) is 61.4 Å². The van der Waals surface area contributed by atoms with Crippen LogP contribution in [-0.2, 0) is 13.1 Å². The van der Waals surface area contributed by atoms with Gasteiger partial charge in [0.15, 0.2) is 0 Å². The van der Waals surface area contributed by atoms with E-state index >= 15 is 0 Å². The maximum atomic E-state index is 11.3. The molecule has 0 bridgehead atoms. The summed E-state index contributed by atoms with van der Waals surface area (Å²) in [4.78, 5) is 22.6. The number of para-hydroxylation sites is 2. The second-order valence-electron chi connectivity index (χ2n) is 9.89. The lowest BCUT2D eigenvalue weighted by Gasteiger charge is -2.09. The number of unbranched alkanes of at least 4 members (excludes halogenated alkanes) is 4. The topological polar surface area (TPSA) is 44.0 Å². The number of benzene rings is 4. The van der Waals surface area contributed by atoms with Gasteiger partial charge in [-0.2, -0.15) is 0 Å². The van der Waals surface area contributed by atoms with Crippen molar-refractivity contribution in [2.24, 2.45) is 0 Å². The molecule has 0 aliphatic rings. The lowest BCUT2D eigenvalue weighted by Crippen LogP contribution is -1.99. The molecule has 4 nitrogen and oxygen atoms in total. The number of aldehydes is 2. The molecule has 6 rings (SSSR count). The first-order chi connectivity index (χ1) is 18.3. The predicted molar refractivity (Wildman–Crippen MR) is 153 cm³/mol. The first-order valence-corrected chi connectivity index (χ1v) is 13.2. The van der Waals surface area contributed by atoms with E-state index in [0.29, 0.717) is 0 Å². The molecule has 0 radical (unpaired) electrons. The lowest BCUT2D eigenvalue weighted by atomic mass is 10.1. The van der Waals surface area contributed by atoms with Gasteiger partial charge < -0.3 is 9.13 Å². The van der Waals surface area contributed by atoms with E-state index < -0.39 is 0 Å². The van der Waals surface area contributed by atoms with E-state index in [2.05, 4.69) is 69.8 Å². The van der Waals surface area contributed by atoms with Crippen molar-refractivity contribution in [3.05, 3.63) is 96.1 Å². The molecule has 0 saturated carbocycles. The number of aromatic nitrogens is 2. The molecule has 0 aliphatic carbocycles. The summed E-state index contributed by atoms with van der Waals surface area (Å²) in [7, 11) is 0. The number of nitrogens with zero attached hydrogens (tertiary/aromatic N) is 2. The highest BCUT2D eigenvalue weighted by molar-refractivity contribution is 6.10. The molecule has 0 amide bonds. The monoisotopic (exact) mass is 486 g/mol. The maximum absolute atomic E-state index is 11.3. The smallest absolute Gasteiger partial charge is 0.150 e. The molecular weight excluding hydrogens is 456 g/mol. The predicted octanol–water partition coefficient (Wildman–Crippen LogP) is 8.18. The number of fused-ring (bicyclic) bond motifs is 6. The molecule has 0 aliphatic heterocycles. The molecular formula is C33H30N2O2. The van der Waals surface area contributed by atoms with Crippen LogP contribution in [0.5, 0.6) is 0 Å². The molecule has 0 spiro atoms. The SMILES string of the molecule is O=Cc1ccc2c(c1)c1ccccc1n2CCCCCCCn1c2ccccc2c2cc(C=O)ccc21. The van der Waals surface area contributed by atoms with Crippen LogP contribution in [-0.4, -0.2) is 21.7 Å². The molecule has 0 N–H and O–H groups in total. The van der Waals surface area contributed by atoms with Crippen LogP contribution in [0, 0.1) is 0 Å². The quantitative estimate of drug-likeness (QED) is 0.145. The Kier molecular flexibility index (Phi) is 6.32. The molecule has 4 heteroatoms. The maximum Gasteiger partial charge on any atom is 0.150 e. The third-order valence-electron chi connectivity index (χ3n) is 7.63. The summed E-state index contributed by atoms with van der Waals surface area (Å²) >= 11 is 0. The zero-order valence-electron chi connectivity index (χ0n) is 20.9. The lowest BCUT2D eigenvalue weighted by molar-refractivity contribution is 0.111. The Balaban J connectivity index is 1.10. The zero-order chi connectivity index (χ0) is 25.2. The Morgan fingerprint density at radius 1 is 0.459 bits per heavy atom. The van der Waals surface area contributed by atoms with E-state index in [1.807, 2.05) is 24.3 Å². The van der Waals surface area contributed by atoms with Crippen LogP contribution in [0.3, 0.4) is 0 Å². The van der Waals surface area contributed by atoms with E-state index in [1.165, 1.54) is 52.1 Å². The molecule has 4 aromatic carbocycles. The van der Waals surface area contributed by atoms with Crippen molar-refractivity contribution in [1.29, 1.82) is 0 Å². The highest BCUT2D eigenvalue weighted by Gasteiger charge is 2.12. The van der Waals surface area contributed by atoms with Crippen LogP contribution in [0.4, 0.5) is 0 Å². The summed E-state index contributed by atoms with van der Waals surface area (Å²) in [5, 5.41) is 4.75. The van der Waals surface area contributed by atoms with Crippen LogP contribution in [0.1, 0.15) is 52.8 Å². The molecule has 0 saturated heterocycles. The van der Waals surface area contributed by atoms with Gasteiger partial charge in [-0.3, -0.25) is 9.59 Å². The average Bonchev–Trinajstić information content (AvgIpc) is 3.44. The molecule has 0 fully saturated rings. The Morgan fingerprint density at radius 2 is 0.865 bits per heavy atom. The van der Waals surface area contributed by atoms with Gasteiger partial charge in [0.25, 0.3) is 0 Å². The third kappa shape index (κ3) is 4.23. The summed E-state index contributed by atoms with van der Waals surface area (Å²) in [5.41, 5.74) is 6.34. The Morgan fingerprint density at radius 3 is 1.32 bits per heavy atom. The minimum absolute atomic E-state index is 0.725. The Hall–Kier alpha value is -4.18. The molecule has 6 aromatic rings. The van der Waals surface area contributed by atoms with Crippen LogP contribution in [0.25, 0.3) is 43.6 Å². The largest absolute Gasteiger partial charge is 0.340 e. The van der Waals surface area contributed by atoms with Gasteiger partial charge in [0.1, 0.15) is 12.6 Å². The number of carbonyl (C=O) groups excluding carboxylic acids is 2. The first kappa shape index (κ1) is 23.2. The summed E-state index contributed by atoms with van der Waals surface area (Å²) < 4.78 is 4.82. The van der Waals surface area contributed by atoms with Crippen molar-refractivity contribution in [3.8, 4) is 0 Å². The molecule has 37 heavy (non-hydrogen) atoms. The van der Waals surface area contributed by atoms with Crippen molar-refractivity contribution in [3.63, 3.8) is 0 Å². The fraction of sp³-hybridized carbons (Fsp3) is 0.212. The van der Waals surface area contributed by atoms with Gasteiger partial charge in [-0.25, -0.2) is 0 Å². The third-order valence-corrected chi connectivity index (χ3v) is 7.63. The van der Waals surface area contributed by atoms with E-state index in [0.717, 1.165) is 60.4 Å². The summed E-state index contributed by atoms with van der Waals surface area (Å²) in [5.74, 6) is 0. The van der Waals surface area contributed by atoms with Gasteiger partial charge >= 0.3 is 0 Å². The molecule has 0 unspecified atom stereocenters. The minimum Gasteiger partial charge on any atom is -0.340 e. The van der Waals surface area contributed by atoms with Crippen LogP contribution < -0.4 is 0 Å². The Labute approximate surface area is 216 Å². The molecule has 0 atom stereocenters. The van der Waals surface area contributed by atoms with Crippen LogP contribution in [0.15, 0.2) is 84.9 Å². The van der Waals surface area contributed by atoms with Crippen molar-refractivity contribution in [2.75, 3.05) is 0 Å². The number of rotatable bonds is 10. The van der Waals surface area contributed by atoms with Crippen LogP contribution in [0.2, 0.25) is 0 Å². The highest BCUT2D eigenvalue weighted by atomic mass is 16.1. The van der Waals surface area contributed by atoms with Gasteiger partial charge in [0.2, 0.25) is 0 Å². The van der Waals surface area contributed by atoms with E-state index in [4.69, 9.17) is 0 Å². The number of aryl methyl sites for hydroxylation is 2. The highest BCUT2D eigenvalue weighted by Crippen LogP contribution is 2.31. The second-order valence-corrected chi connectivity index (χ2v) is 9.89. The number of hydrogen-bond donors (Lipinski definition) is 0. The van der Waals surface area contributed by atoms with Gasteiger partial charge in [0, 0.05) is 67.8 Å². The van der Waals surface area contributed by atoms with Crippen molar-refractivity contribution in [1.82, 2.24) is 9.13 Å². The summed E-state index contributed by atoms with van der Waals surface area (Å²) in [6, 6.07) is 29.0. The standard InChI is InChI=1S/C33H30N2O2/c36-22-24-14-16-32-28(20-24)26-10-4-6-12-30(26)34(32)18-8-2-1-3-9-19-35-31-13-7-5-11-27(31)29-21-25(23-37)15-17-33(29)35/h4-7,10-17,20-23H,1-3,8-9,18-19H2. The van der Waals surface area contributed by atoms with E-state index in [9.17, 15) is 9.59 Å². The fourth-order valence-electron chi connectivity index (χ4n) is 5.84. The second kappa shape index (κ2) is 10.1. The molecule has 2 heterocycles. The van der Waals surface area contributed by atoms with Gasteiger partial charge in [-0.15, -0.1) is 0 Å². The average molecular weight is 487 g/mol. The summed E-state index contributed by atoms with van der Waals surface area (Å²) in [6.07, 6.45) is 7.70. The van der Waals surface area contributed by atoms with Crippen molar-refractivity contribution in [2.45, 2.75) is 45.2 Å². The van der Waals surface area contributed by atoms with Crippen molar-refractivity contribution < 1.29 is 9.59 Å². The fourth-order valence-corrected chi connectivity index (χ4v) is 5.84. The summed E-state index contributed by atoms with van der Waals surface area (Å²) in [6.45, 7) is 1.97. The normalized spacial score (nSPS) is 11.7. The molecule has 184 valence electrons. The van der Waals surface area contributed by atoms with Gasteiger partial charge in [-0.1, -0.05) is 55.7 Å². The number of carbonyl (C=O) groups is 2. The van der Waals surface area contributed by atoms with Gasteiger partial charge in [0.05, 0.1) is 0 Å². The molecule has 2 aromatic heterocycles.